The normalized spacial score (nSPS) is 10.9. The molecule has 3 aromatic carbocycles. The van der Waals surface area contributed by atoms with Gasteiger partial charge >= 0.3 is 5.97 Å². The second-order valence-corrected chi connectivity index (χ2v) is 8.31. The fourth-order valence-corrected chi connectivity index (χ4v) is 4.79. The van der Waals surface area contributed by atoms with E-state index in [0.717, 1.165) is 28.7 Å². The molecule has 0 aliphatic heterocycles. The molecule has 0 atom stereocenters. The number of benzene rings is 3. The average molecular weight is 415 g/mol. The molecule has 3 nitrogen and oxygen atoms in total. The van der Waals surface area contributed by atoms with E-state index in [4.69, 9.17) is 4.74 Å². The zero-order chi connectivity index (χ0) is 21.1. The molecule has 1 aromatic heterocycles. The Morgan fingerprint density at radius 1 is 0.900 bits per heavy atom. The van der Waals surface area contributed by atoms with Gasteiger partial charge in [-0.05, 0) is 60.2 Å². The number of rotatable bonds is 6. The molecule has 0 radical (unpaired) electrons. The largest absolute Gasteiger partial charge is 0.462 e. The lowest BCUT2D eigenvalue weighted by molar-refractivity contribution is 0.0526. The molecule has 1 heterocycles. The highest BCUT2D eigenvalue weighted by atomic mass is 32.1. The molecular weight excluding hydrogens is 392 g/mol. The zero-order valence-electron chi connectivity index (χ0n) is 17.0. The van der Waals surface area contributed by atoms with E-state index in [-0.39, 0.29) is 11.8 Å². The maximum Gasteiger partial charge on any atom is 0.338 e. The number of carbonyl (C=O) groups is 2. The van der Waals surface area contributed by atoms with Gasteiger partial charge in [-0.25, -0.2) is 4.79 Å². The quantitative estimate of drug-likeness (QED) is 0.266. The molecule has 4 rings (SSSR count). The van der Waals surface area contributed by atoms with E-state index in [1.165, 1.54) is 15.0 Å². The van der Waals surface area contributed by atoms with Crippen LogP contribution in [0.25, 0.3) is 21.2 Å². The van der Waals surface area contributed by atoms with Gasteiger partial charge in [0.25, 0.3) is 0 Å². The zero-order valence-corrected chi connectivity index (χ0v) is 17.8. The first-order chi connectivity index (χ1) is 14.5. The first-order valence-corrected chi connectivity index (χ1v) is 10.8. The summed E-state index contributed by atoms with van der Waals surface area (Å²) in [4.78, 5) is 25.0. The van der Waals surface area contributed by atoms with Gasteiger partial charge in [-0.3, -0.25) is 4.79 Å². The molecule has 150 valence electrons. The standard InChI is InChI=1S/C26H22O3S/c1-3-29-26(28)22-11-5-9-20(15-22)24-12-6-10-21-16-23(30-25(21)24)14-18-7-4-8-19(13-18)17(2)27/h4-13,15-16H,3,14H2,1-2H3. The van der Waals surface area contributed by atoms with Crippen LogP contribution in [0.1, 0.15) is 45.0 Å². The van der Waals surface area contributed by atoms with Crippen molar-refractivity contribution in [3.63, 3.8) is 0 Å². The van der Waals surface area contributed by atoms with Gasteiger partial charge in [-0.15, -0.1) is 11.3 Å². The summed E-state index contributed by atoms with van der Waals surface area (Å²) in [5.41, 5.74) is 4.53. The van der Waals surface area contributed by atoms with Gasteiger partial charge in [0, 0.05) is 21.6 Å². The summed E-state index contributed by atoms with van der Waals surface area (Å²) in [5, 5.41) is 1.18. The predicted molar refractivity (Wildman–Crippen MR) is 122 cm³/mol. The maximum atomic E-state index is 12.1. The van der Waals surface area contributed by atoms with E-state index >= 15 is 0 Å². The van der Waals surface area contributed by atoms with Crippen LogP contribution in [0.4, 0.5) is 0 Å². The third-order valence-electron chi connectivity index (χ3n) is 4.99. The van der Waals surface area contributed by atoms with Gasteiger partial charge in [0.1, 0.15) is 0 Å². The van der Waals surface area contributed by atoms with Crippen molar-refractivity contribution in [3.05, 3.63) is 94.4 Å². The van der Waals surface area contributed by atoms with Crippen LogP contribution in [0, 0.1) is 0 Å². The first-order valence-electron chi connectivity index (χ1n) is 9.94. The highest BCUT2D eigenvalue weighted by molar-refractivity contribution is 7.19. The lowest BCUT2D eigenvalue weighted by Crippen LogP contribution is -2.04. The minimum Gasteiger partial charge on any atom is -0.462 e. The molecular formula is C26H22O3S. The summed E-state index contributed by atoms with van der Waals surface area (Å²) in [6.45, 7) is 3.76. The number of thiophene rings is 1. The third-order valence-corrected chi connectivity index (χ3v) is 6.18. The molecule has 0 bridgehead atoms. The fraction of sp³-hybridized carbons (Fsp3) is 0.154. The lowest BCUT2D eigenvalue weighted by Gasteiger charge is -2.06. The van der Waals surface area contributed by atoms with Gasteiger partial charge in [0.15, 0.2) is 5.78 Å². The van der Waals surface area contributed by atoms with Crippen LogP contribution >= 0.6 is 11.3 Å². The lowest BCUT2D eigenvalue weighted by atomic mass is 10.0. The predicted octanol–water partition coefficient (Wildman–Crippen LogP) is 6.54. The number of hydrogen-bond donors (Lipinski definition) is 0. The number of carbonyl (C=O) groups excluding carboxylic acids is 2. The second-order valence-electron chi connectivity index (χ2n) is 7.17. The molecule has 0 unspecified atom stereocenters. The molecule has 0 saturated carbocycles. The highest BCUT2D eigenvalue weighted by Gasteiger charge is 2.12. The summed E-state index contributed by atoms with van der Waals surface area (Å²) >= 11 is 1.75. The Balaban J connectivity index is 1.70. The van der Waals surface area contributed by atoms with Crippen molar-refractivity contribution in [2.45, 2.75) is 20.3 Å². The molecule has 0 aliphatic carbocycles. The van der Waals surface area contributed by atoms with Crippen molar-refractivity contribution < 1.29 is 14.3 Å². The van der Waals surface area contributed by atoms with E-state index in [9.17, 15) is 9.59 Å². The molecule has 4 aromatic rings. The van der Waals surface area contributed by atoms with Crippen molar-refractivity contribution in [1.82, 2.24) is 0 Å². The summed E-state index contributed by atoms with van der Waals surface area (Å²) in [6, 6.07) is 23.8. The van der Waals surface area contributed by atoms with Crippen molar-refractivity contribution in [2.24, 2.45) is 0 Å². The Kier molecular flexibility index (Phi) is 5.77. The minimum absolute atomic E-state index is 0.0805. The maximum absolute atomic E-state index is 12.1. The van der Waals surface area contributed by atoms with Crippen LogP contribution in [0.3, 0.4) is 0 Å². The van der Waals surface area contributed by atoms with Gasteiger partial charge in [-0.1, -0.05) is 48.5 Å². The van der Waals surface area contributed by atoms with E-state index in [2.05, 4.69) is 24.3 Å². The van der Waals surface area contributed by atoms with Gasteiger partial charge in [-0.2, -0.15) is 0 Å². The number of hydrogen-bond acceptors (Lipinski definition) is 4. The number of fused-ring (bicyclic) bond motifs is 1. The summed E-state index contributed by atoms with van der Waals surface area (Å²) in [5.74, 6) is -0.222. The monoisotopic (exact) mass is 414 g/mol. The summed E-state index contributed by atoms with van der Waals surface area (Å²) in [7, 11) is 0. The number of esters is 1. The average Bonchev–Trinajstić information content (AvgIpc) is 3.16. The van der Waals surface area contributed by atoms with Crippen LogP contribution in [-0.4, -0.2) is 18.4 Å². The van der Waals surface area contributed by atoms with Crippen LogP contribution in [0.2, 0.25) is 0 Å². The van der Waals surface area contributed by atoms with Crippen molar-refractivity contribution in [1.29, 1.82) is 0 Å². The van der Waals surface area contributed by atoms with E-state index in [0.29, 0.717) is 12.2 Å². The van der Waals surface area contributed by atoms with Crippen LogP contribution in [-0.2, 0) is 11.2 Å². The Bertz CT molecular complexity index is 1240. The topological polar surface area (TPSA) is 43.4 Å². The Labute approximate surface area is 179 Å². The summed E-state index contributed by atoms with van der Waals surface area (Å²) < 4.78 is 6.33. The Morgan fingerprint density at radius 3 is 2.47 bits per heavy atom. The second kappa shape index (κ2) is 8.64. The number of ether oxygens (including phenoxy) is 1. The fourth-order valence-electron chi connectivity index (χ4n) is 3.56. The van der Waals surface area contributed by atoms with Gasteiger partial charge in [0.2, 0.25) is 0 Å². The molecule has 0 saturated heterocycles. The first kappa shape index (κ1) is 20.0. The number of ketones is 1. The smallest absolute Gasteiger partial charge is 0.338 e. The van der Waals surface area contributed by atoms with E-state index in [1.807, 2.05) is 49.4 Å². The number of Topliss-reactive ketones (excluding diaryl/α,β-unsaturated/α-hetero) is 1. The van der Waals surface area contributed by atoms with Gasteiger partial charge < -0.3 is 4.74 Å². The van der Waals surface area contributed by atoms with Gasteiger partial charge in [0.05, 0.1) is 12.2 Å². The molecule has 0 aliphatic rings. The van der Waals surface area contributed by atoms with Crippen molar-refractivity contribution in [3.8, 4) is 11.1 Å². The van der Waals surface area contributed by atoms with E-state index < -0.39 is 0 Å². The van der Waals surface area contributed by atoms with E-state index in [1.54, 1.807) is 24.3 Å². The molecule has 0 N–H and O–H groups in total. The highest BCUT2D eigenvalue weighted by Crippen LogP contribution is 2.36. The molecule has 30 heavy (non-hydrogen) atoms. The van der Waals surface area contributed by atoms with Crippen LogP contribution < -0.4 is 0 Å². The third kappa shape index (κ3) is 4.19. The minimum atomic E-state index is -0.302. The SMILES string of the molecule is CCOC(=O)c1cccc(-c2cccc3cc(Cc4cccc(C(C)=O)c4)sc23)c1. The van der Waals surface area contributed by atoms with Crippen molar-refractivity contribution in [2.75, 3.05) is 6.61 Å². The van der Waals surface area contributed by atoms with Crippen LogP contribution in [0.5, 0.6) is 0 Å². The summed E-state index contributed by atoms with van der Waals surface area (Å²) in [6.07, 6.45) is 0.781. The molecule has 0 fully saturated rings. The van der Waals surface area contributed by atoms with Crippen LogP contribution in [0.15, 0.2) is 72.8 Å². The van der Waals surface area contributed by atoms with Crippen molar-refractivity contribution >= 4 is 33.2 Å². The molecule has 0 spiro atoms. The molecule has 4 heteroatoms. The Hall–Kier alpha value is -3.24. The molecule has 0 amide bonds. The Morgan fingerprint density at radius 2 is 1.67 bits per heavy atom.